The third-order valence-corrected chi connectivity index (χ3v) is 5.13. The van der Waals surface area contributed by atoms with Gasteiger partial charge in [0.05, 0.1) is 12.5 Å². The number of carbonyl (C=O) groups is 2. The Kier molecular flexibility index (Phi) is 3.63. The van der Waals surface area contributed by atoms with Gasteiger partial charge in [-0.05, 0) is 29.5 Å². The Balaban J connectivity index is 1.49. The highest BCUT2D eigenvalue weighted by molar-refractivity contribution is 5.97. The fraction of sp³-hybridized carbons (Fsp3) is 0.368. The van der Waals surface area contributed by atoms with E-state index >= 15 is 0 Å². The summed E-state index contributed by atoms with van der Waals surface area (Å²) in [7, 11) is 0. The van der Waals surface area contributed by atoms with E-state index in [0.29, 0.717) is 12.5 Å². The van der Waals surface area contributed by atoms with Gasteiger partial charge in [0, 0.05) is 26.1 Å². The first kappa shape index (κ1) is 15.0. The quantitative estimate of drug-likeness (QED) is 0.932. The van der Waals surface area contributed by atoms with E-state index in [1.807, 2.05) is 41.3 Å². The van der Waals surface area contributed by atoms with Crippen LogP contribution in [0.25, 0.3) is 0 Å². The molecule has 5 heteroatoms. The van der Waals surface area contributed by atoms with Crippen LogP contribution in [0.2, 0.25) is 0 Å². The highest BCUT2D eigenvalue weighted by atomic mass is 16.3. The zero-order valence-electron chi connectivity index (χ0n) is 13.4. The molecule has 5 nitrogen and oxygen atoms in total. The third-order valence-electron chi connectivity index (χ3n) is 5.13. The normalized spacial score (nSPS) is 23.8. The van der Waals surface area contributed by atoms with Crippen LogP contribution in [0, 0.1) is 5.92 Å². The van der Waals surface area contributed by atoms with Crippen LogP contribution in [-0.2, 0) is 21.4 Å². The van der Waals surface area contributed by atoms with Crippen LogP contribution in [0.4, 0.5) is 0 Å². The van der Waals surface area contributed by atoms with Crippen molar-refractivity contribution in [2.45, 2.75) is 18.3 Å². The topological polar surface area (TPSA) is 62.6 Å². The van der Waals surface area contributed by atoms with Gasteiger partial charge in [0.1, 0.15) is 5.41 Å². The fourth-order valence-electron chi connectivity index (χ4n) is 3.79. The second kappa shape index (κ2) is 5.82. The van der Waals surface area contributed by atoms with Gasteiger partial charge in [0.2, 0.25) is 11.8 Å². The highest BCUT2D eigenvalue weighted by Gasteiger charge is 2.50. The minimum Gasteiger partial charge on any atom is -0.472 e. The molecule has 0 radical (unpaired) electrons. The van der Waals surface area contributed by atoms with E-state index in [0.717, 1.165) is 25.1 Å². The number of amides is 2. The van der Waals surface area contributed by atoms with Gasteiger partial charge < -0.3 is 14.6 Å². The maximum Gasteiger partial charge on any atom is 0.235 e. The molecule has 2 saturated heterocycles. The van der Waals surface area contributed by atoms with E-state index < -0.39 is 5.41 Å². The standard InChI is InChI=1S/C19H20N2O3/c22-17-9-19(13-20-17,16-4-2-1-3-5-16)18(23)21-10-15(11-21)8-14-6-7-24-12-14/h1-7,12,15H,8-11,13H2,(H,20,22). The number of carbonyl (C=O) groups excluding carboxylic acids is 2. The monoisotopic (exact) mass is 324 g/mol. The fourth-order valence-corrected chi connectivity index (χ4v) is 3.79. The summed E-state index contributed by atoms with van der Waals surface area (Å²) in [5.74, 6) is 0.475. The number of hydrogen-bond acceptors (Lipinski definition) is 3. The lowest BCUT2D eigenvalue weighted by Gasteiger charge is -2.43. The van der Waals surface area contributed by atoms with Crippen molar-refractivity contribution in [2.24, 2.45) is 5.92 Å². The molecule has 0 bridgehead atoms. The van der Waals surface area contributed by atoms with Crippen LogP contribution < -0.4 is 5.32 Å². The Morgan fingerprint density at radius 1 is 1.25 bits per heavy atom. The van der Waals surface area contributed by atoms with Crippen molar-refractivity contribution in [3.63, 3.8) is 0 Å². The first-order valence-electron chi connectivity index (χ1n) is 8.30. The van der Waals surface area contributed by atoms with E-state index in [1.165, 1.54) is 5.56 Å². The van der Waals surface area contributed by atoms with Gasteiger partial charge in [0.25, 0.3) is 0 Å². The maximum atomic E-state index is 13.2. The number of nitrogens with zero attached hydrogens (tertiary/aromatic N) is 1. The second-order valence-electron chi connectivity index (χ2n) is 6.81. The summed E-state index contributed by atoms with van der Waals surface area (Å²) < 4.78 is 5.10. The van der Waals surface area contributed by atoms with Gasteiger partial charge in [-0.15, -0.1) is 0 Å². The number of rotatable bonds is 4. The lowest BCUT2D eigenvalue weighted by atomic mass is 9.76. The zero-order valence-corrected chi connectivity index (χ0v) is 13.4. The molecular weight excluding hydrogens is 304 g/mol. The molecule has 2 aliphatic heterocycles. The summed E-state index contributed by atoms with van der Waals surface area (Å²) in [5, 5.41) is 2.84. The van der Waals surface area contributed by atoms with Crippen molar-refractivity contribution >= 4 is 11.8 Å². The molecule has 2 aromatic rings. The van der Waals surface area contributed by atoms with E-state index in [4.69, 9.17) is 4.42 Å². The number of likely N-dealkylation sites (tertiary alicyclic amines) is 1. The Labute approximate surface area is 140 Å². The molecule has 0 spiro atoms. The first-order chi connectivity index (χ1) is 11.7. The summed E-state index contributed by atoms with van der Waals surface area (Å²) in [6, 6.07) is 11.6. The molecule has 124 valence electrons. The summed E-state index contributed by atoms with van der Waals surface area (Å²) in [6.07, 6.45) is 4.60. The predicted molar refractivity (Wildman–Crippen MR) is 88.2 cm³/mol. The lowest BCUT2D eigenvalue weighted by molar-refractivity contribution is -0.144. The molecule has 2 aliphatic rings. The predicted octanol–water partition coefficient (Wildman–Crippen LogP) is 1.74. The Hall–Kier alpha value is -2.56. The van der Waals surface area contributed by atoms with E-state index in [2.05, 4.69) is 5.32 Å². The van der Waals surface area contributed by atoms with Gasteiger partial charge in [-0.25, -0.2) is 0 Å². The molecule has 1 aromatic heterocycles. The molecule has 3 heterocycles. The number of hydrogen-bond donors (Lipinski definition) is 1. The lowest BCUT2D eigenvalue weighted by Crippen LogP contribution is -2.57. The van der Waals surface area contributed by atoms with Crippen molar-refractivity contribution in [3.05, 3.63) is 60.1 Å². The van der Waals surface area contributed by atoms with Gasteiger partial charge in [-0.1, -0.05) is 30.3 Å². The van der Waals surface area contributed by atoms with E-state index in [-0.39, 0.29) is 18.2 Å². The maximum absolute atomic E-state index is 13.2. The summed E-state index contributed by atoms with van der Waals surface area (Å²) in [6.45, 7) is 1.87. The van der Waals surface area contributed by atoms with Crippen molar-refractivity contribution < 1.29 is 14.0 Å². The Morgan fingerprint density at radius 3 is 2.67 bits per heavy atom. The van der Waals surface area contributed by atoms with Gasteiger partial charge in [0.15, 0.2) is 0 Å². The SMILES string of the molecule is O=C1CC(C(=O)N2CC(Cc3ccoc3)C2)(c2ccccc2)CN1. The van der Waals surface area contributed by atoms with Gasteiger partial charge >= 0.3 is 0 Å². The molecule has 0 saturated carbocycles. The molecular formula is C19H20N2O3. The molecule has 4 rings (SSSR count). The number of nitrogens with one attached hydrogen (secondary N) is 1. The van der Waals surface area contributed by atoms with Crippen LogP contribution in [0.5, 0.6) is 0 Å². The van der Waals surface area contributed by atoms with Crippen molar-refractivity contribution in [3.8, 4) is 0 Å². The molecule has 2 fully saturated rings. The highest BCUT2D eigenvalue weighted by Crippen LogP contribution is 2.36. The number of benzene rings is 1. The van der Waals surface area contributed by atoms with E-state index in [1.54, 1.807) is 12.5 Å². The molecule has 1 unspecified atom stereocenters. The molecule has 1 N–H and O–H groups in total. The molecule has 1 atom stereocenters. The molecule has 0 aliphatic carbocycles. The van der Waals surface area contributed by atoms with Crippen LogP contribution in [0.3, 0.4) is 0 Å². The molecule has 24 heavy (non-hydrogen) atoms. The molecule has 2 amide bonds. The van der Waals surface area contributed by atoms with Crippen LogP contribution in [0.1, 0.15) is 17.5 Å². The zero-order chi connectivity index (χ0) is 16.6. The summed E-state index contributed by atoms with van der Waals surface area (Å²) in [4.78, 5) is 26.9. The Bertz CT molecular complexity index is 735. The van der Waals surface area contributed by atoms with E-state index in [9.17, 15) is 9.59 Å². The molecule has 1 aromatic carbocycles. The Morgan fingerprint density at radius 2 is 2.04 bits per heavy atom. The van der Waals surface area contributed by atoms with Crippen molar-refractivity contribution in [1.29, 1.82) is 0 Å². The van der Waals surface area contributed by atoms with Crippen LogP contribution in [0.15, 0.2) is 53.3 Å². The average molecular weight is 324 g/mol. The van der Waals surface area contributed by atoms with Crippen molar-refractivity contribution in [1.82, 2.24) is 10.2 Å². The first-order valence-corrected chi connectivity index (χ1v) is 8.30. The van der Waals surface area contributed by atoms with Gasteiger partial charge in [-0.3, -0.25) is 9.59 Å². The largest absolute Gasteiger partial charge is 0.472 e. The third kappa shape index (κ3) is 2.50. The summed E-state index contributed by atoms with van der Waals surface area (Å²) in [5.41, 5.74) is 1.34. The number of furan rings is 1. The van der Waals surface area contributed by atoms with Crippen LogP contribution >= 0.6 is 0 Å². The van der Waals surface area contributed by atoms with Gasteiger partial charge in [-0.2, -0.15) is 0 Å². The van der Waals surface area contributed by atoms with Crippen LogP contribution in [-0.4, -0.2) is 36.3 Å². The minimum absolute atomic E-state index is 0.0531. The smallest absolute Gasteiger partial charge is 0.235 e. The second-order valence-corrected chi connectivity index (χ2v) is 6.81. The average Bonchev–Trinajstić information content (AvgIpc) is 3.21. The minimum atomic E-state index is -0.751. The summed E-state index contributed by atoms with van der Waals surface area (Å²) >= 11 is 0. The van der Waals surface area contributed by atoms with Crippen molar-refractivity contribution in [2.75, 3.05) is 19.6 Å².